The van der Waals surface area contributed by atoms with Crippen LogP contribution in [0.2, 0.25) is 0 Å². The highest BCUT2D eigenvalue weighted by Crippen LogP contribution is 2.30. The number of pyridine rings is 1. The topological polar surface area (TPSA) is 79.5 Å². The average Bonchev–Trinajstić information content (AvgIpc) is 2.64. The van der Waals surface area contributed by atoms with Gasteiger partial charge in [0, 0.05) is 29.8 Å². The number of nitrogens with zero attached hydrogens (tertiary/aromatic N) is 3. The van der Waals surface area contributed by atoms with Gasteiger partial charge < -0.3 is 10.0 Å². The Hall–Kier alpha value is -1.21. The van der Waals surface area contributed by atoms with E-state index in [1.807, 2.05) is 0 Å². The third-order valence-electron chi connectivity index (χ3n) is 2.47. The van der Waals surface area contributed by atoms with Gasteiger partial charge >= 0.3 is 5.69 Å². The Balaban J connectivity index is 2.36. The molecule has 0 amide bonds. The average molecular weight is 288 g/mol. The van der Waals surface area contributed by atoms with Crippen LogP contribution in [0.15, 0.2) is 16.7 Å². The van der Waals surface area contributed by atoms with Crippen molar-refractivity contribution in [3.63, 3.8) is 0 Å². The Kier molecular flexibility index (Phi) is 3.06. The van der Waals surface area contributed by atoms with Crippen molar-refractivity contribution in [2.45, 2.75) is 12.5 Å². The molecule has 1 fully saturated rings. The largest absolute Gasteiger partial charge is 0.391 e. The Morgan fingerprint density at radius 1 is 1.69 bits per heavy atom. The fraction of sp³-hybridized carbons (Fsp3) is 0.444. The van der Waals surface area contributed by atoms with Crippen molar-refractivity contribution in [1.82, 2.24) is 4.98 Å². The SMILES string of the molecule is O=[N+]([O-])c1cc(Br)cnc1N1CC[C@@H](O)C1. The molecule has 2 rings (SSSR count). The predicted octanol–water partition coefficient (Wildman–Crippen LogP) is 1.32. The molecule has 0 bridgehead atoms. The highest BCUT2D eigenvalue weighted by molar-refractivity contribution is 9.10. The lowest BCUT2D eigenvalue weighted by molar-refractivity contribution is -0.384. The van der Waals surface area contributed by atoms with E-state index in [1.54, 1.807) is 4.90 Å². The number of aliphatic hydroxyl groups excluding tert-OH is 1. The van der Waals surface area contributed by atoms with E-state index in [4.69, 9.17) is 0 Å². The molecule has 1 aliphatic rings. The number of halogens is 1. The molecule has 1 N–H and O–H groups in total. The molecule has 6 nitrogen and oxygen atoms in total. The van der Waals surface area contributed by atoms with E-state index in [2.05, 4.69) is 20.9 Å². The van der Waals surface area contributed by atoms with Crippen molar-refractivity contribution in [2.75, 3.05) is 18.0 Å². The Morgan fingerprint density at radius 3 is 3.00 bits per heavy atom. The molecule has 1 aromatic rings. The van der Waals surface area contributed by atoms with Gasteiger partial charge in [0.2, 0.25) is 5.82 Å². The van der Waals surface area contributed by atoms with Gasteiger partial charge in [-0.1, -0.05) is 0 Å². The van der Waals surface area contributed by atoms with E-state index in [0.717, 1.165) is 0 Å². The molecule has 0 radical (unpaired) electrons. The maximum absolute atomic E-state index is 10.9. The molecule has 0 aromatic carbocycles. The molecule has 86 valence electrons. The molecule has 0 unspecified atom stereocenters. The molecule has 1 saturated heterocycles. The molecule has 1 aliphatic heterocycles. The number of nitro groups is 1. The van der Waals surface area contributed by atoms with Gasteiger partial charge in [-0.15, -0.1) is 0 Å². The Morgan fingerprint density at radius 2 is 2.44 bits per heavy atom. The Bertz CT molecular complexity index is 426. The van der Waals surface area contributed by atoms with E-state index < -0.39 is 11.0 Å². The maximum Gasteiger partial charge on any atom is 0.312 e. The second-order valence-corrected chi connectivity index (χ2v) is 4.56. The molecular weight excluding hydrogens is 278 g/mol. The first-order valence-electron chi connectivity index (χ1n) is 4.81. The van der Waals surface area contributed by atoms with Crippen LogP contribution in [0.3, 0.4) is 0 Å². The molecule has 7 heteroatoms. The first-order chi connectivity index (χ1) is 7.58. The van der Waals surface area contributed by atoms with Crippen LogP contribution in [-0.4, -0.2) is 34.2 Å². The van der Waals surface area contributed by atoms with E-state index in [1.165, 1.54) is 12.3 Å². The van der Waals surface area contributed by atoms with Crippen molar-refractivity contribution in [3.8, 4) is 0 Å². The quantitative estimate of drug-likeness (QED) is 0.656. The van der Waals surface area contributed by atoms with Crippen molar-refractivity contribution < 1.29 is 10.0 Å². The van der Waals surface area contributed by atoms with Crippen molar-refractivity contribution in [2.24, 2.45) is 0 Å². The van der Waals surface area contributed by atoms with Crippen LogP contribution in [-0.2, 0) is 0 Å². The normalized spacial score (nSPS) is 20.1. The van der Waals surface area contributed by atoms with Gasteiger partial charge in [-0.05, 0) is 22.4 Å². The van der Waals surface area contributed by atoms with Gasteiger partial charge in [-0.25, -0.2) is 4.98 Å². The number of hydrogen-bond donors (Lipinski definition) is 1. The van der Waals surface area contributed by atoms with Crippen LogP contribution in [0, 0.1) is 10.1 Å². The molecule has 0 spiro atoms. The molecule has 1 atom stereocenters. The van der Waals surface area contributed by atoms with Crippen LogP contribution in [0.1, 0.15) is 6.42 Å². The summed E-state index contributed by atoms with van der Waals surface area (Å²) in [7, 11) is 0. The van der Waals surface area contributed by atoms with E-state index in [9.17, 15) is 15.2 Å². The van der Waals surface area contributed by atoms with Gasteiger partial charge in [0.25, 0.3) is 0 Å². The number of β-amino-alcohol motifs (C(OH)–C–C–N with tert-alkyl or cyclic N) is 1. The summed E-state index contributed by atoms with van der Waals surface area (Å²) >= 11 is 3.15. The van der Waals surface area contributed by atoms with Gasteiger partial charge in [0.15, 0.2) is 0 Å². The first-order valence-corrected chi connectivity index (χ1v) is 5.60. The summed E-state index contributed by atoms with van der Waals surface area (Å²) in [4.78, 5) is 16.2. The fourth-order valence-corrected chi connectivity index (χ4v) is 2.05. The smallest absolute Gasteiger partial charge is 0.312 e. The zero-order valence-corrected chi connectivity index (χ0v) is 9.92. The van der Waals surface area contributed by atoms with E-state index in [0.29, 0.717) is 29.8 Å². The summed E-state index contributed by atoms with van der Waals surface area (Å²) in [6.07, 6.45) is 1.71. The zero-order valence-electron chi connectivity index (χ0n) is 8.34. The molecule has 2 heterocycles. The summed E-state index contributed by atoms with van der Waals surface area (Å²) in [6, 6.07) is 1.42. The van der Waals surface area contributed by atoms with Gasteiger partial charge in [-0.2, -0.15) is 0 Å². The predicted molar refractivity (Wildman–Crippen MR) is 61.4 cm³/mol. The van der Waals surface area contributed by atoms with Crippen molar-refractivity contribution in [1.29, 1.82) is 0 Å². The summed E-state index contributed by atoms with van der Waals surface area (Å²) in [5.41, 5.74) is -0.0384. The fourth-order valence-electron chi connectivity index (χ4n) is 1.73. The highest BCUT2D eigenvalue weighted by atomic mass is 79.9. The van der Waals surface area contributed by atoms with Gasteiger partial charge in [0.05, 0.1) is 11.0 Å². The molecule has 1 aromatic heterocycles. The molecule has 16 heavy (non-hydrogen) atoms. The molecule has 0 saturated carbocycles. The monoisotopic (exact) mass is 287 g/mol. The minimum atomic E-state index is -0.461. The van der Waals surface area contributed by atoms with Crippen molar-refractivity contribution >= 4 is 27.4 Å². The van der Waals surface area contributed by atoms with Crippen molar-refractivity contribution in [3.05, 3.63) is 26.9 Å². The number of aromatic nitrogens is 1. The second-order valence-electron chi connectivity index (χ2n) is 3.64. The summed E-state index contributed by atoms with van der Waals surface area (Å²) in [5.74, 6) is 0.324. The summed E-state index contributed by atoms with van der Waals surface area (Å²) in [5, 5.41) is 20.3. The maximum atomic E-state index is 10.9. The first kappa shape index (κ1) is 11.3. The lowest BCUT2D eigenvalue weighted by Gasteiger charge is -2.16. The van der Waals surface area contributed by atoms with Crippen LogP contribution >= 0.6 is 15.9 Å². The Labute approximate surface area is 100 Å². The number of aliphatic hydroxyl groups is 1. The lowest BCUT2D eigenvalue weighted by atomic mass is 10.3. The van der Waals surface area contributed by atoms with Crippen LogP contribution in [0.5, 0.6) is 0 Å². The number of rotatable bonds is 2. The third-order valence-corrected chi connectivity index (χ3v) is 2.91. The second kappa shape index (κ2) is 4.34. The third kappa shape index (κ3) is 2.14. The minimum absolute atomic E-state index is 0.0384. The zero-order chi connectivity index (χ0) is 11.7. The lowest BCUT2D eigenvalue weighted by Crippen LogP contribution is -2.23. The van der Waals surface area contributed by atoms with Gasteiger partial charge in [-0.3, -0.25) is 10.1 Å². The van der Waals surface area contributed by atoms with Gasteiger partial charge in [0.1, 0.15) is 0 Å². The minimum Gasteiger partial charge on any atom is -0.391 e. The standard InChI is InChI=1S/C9H10BrN3O3/c10-6-3-8(13(15)16)9(11-4-6)12-2-1-7(14)5-12/h3-4,7,14H,1-2,5H2/t7-/m1/s1. The highest BCUT2D eigenvalue weighted by Gasteiger charge is 2.27. The number of anilines is 1. The van der Waals surface area contributed by atoms with Crippen LogP contribution in [0.4, 0.5) is 11.5 Å². The number of hydrogen-bond acceptors (Lipinski definition) is 5. The summed E-state index contributed by atoms with van der Waals surface area (Å²) < 4.78 is 0.572. The van der Waals surface area contributed by atoms with Crippen LogP contribution in [0.25, 0.3) is 0 Å². The summed E-state index contributed by atoms with van der Waals surface area (Å²) in [6.45, 7) is 0.992. The molecule has 0 aliphatic carbocycles. The van der Waals surface area contributed by atoms with E-state index >= 15 is 0 Å². The van der Waals surface area contributed by atoms with Crippen LogP contribution < -0.4 is 4.90 Å². The van der Waals surface area contributed by atoms with E-state index in [-0.39, 0.29) is 5.69 Å². The molecular formula is C9H10BrN3O3.